The fourth-order valence-electron chi connectivity index (χ4n) is 3.59. The van der Waals surface area contributed by atoms with E-state index in [2.05, 4.69) is 15.4 Å². The monoisotopic (exact) mass is 363 g/mol. The van der Waals surface area contributed by atoms with E-state index in [1.165, 1.54) is 0 Å². The number of nitrogens with zero attached hydrogens (tertiary/aromatic N) is 4. The van der Waals surface area contributed by atoms with Crippen LogP contribution in [-0.4, -0.2) is 33.1 Å². The lowest BCUT2D eigenvalue weighted by molar-refractivity contribution is -0.117. The van der Waals surface area contributed by atoms with E-state index in [4.69, 9.17) is 0 Å². The summed E-state index contributed by atoms with van der Waals surface area (Å²) in [5, 5.41) is 8.08. The summed E-state index contributed by atoms with van der Waals surface area (Å²) in [5.74, 6) is -0.0555. The van der Waals surface area contributed by atoms with Crippen LogP contribution in [-0.2, 0) is 11.8 Å². The number of carbonyl (C=O) groups excluding carboxylic acids is 2. The zero-order chi connectivity index (χ0) is 19.1. The zero-order valence-corrected chi connectivity index (χ0v) is 15.6. The molecule has 0 saturated carbocycles. The minimum Gasteiger partial charge on any atom is -0.322 e. The predicted octanol–water partition coefficient (Wildman–Crippen LogP) is 2.96. The molecule has 7 heteroatoms. The van der Waals surface area contributed by atoms with Gasteiger partial charge in [0.2, 0.25) is 5.91 Å². The molecule has 0 bridgehead atoms. The highest BCUT2D eigenvalue weighted by Crippen LogP contribution is 2.25. The largest absolute Gasteiger partial charge is 0.322 e. The minimum atomic E-state index is -0.202. The van der Waals surface area contributed by atoms with Gasteiger partial charge in [0.15, 0.2) is 5.65 Å². The molecule has 1 aliphatic heterocycles. The van der Waals surface area contributed by atoms with E-state index in [1.807, 2.05) is 45.2 Å². The number of aromatic nitrogens is 3. The number of benzene rings is 1. The van der Waals surface area contributed by atoms with E-state index >= 15 is 0 Å². The standard InChI is InChI=1S/C20H21N5O2/c1-12-11-16(18-13(2)23-24(3)19(18)21-12)20(27)22-14-6-8-15(9-7-14)25-10-4-5-17(25)26/h6-9,11H,4-5,10H2,1-3H3,(H,22,27). The molecule has 2 amide bonds. The van der Waals surface area contributed by atoms with Crippen LogP contribution in [0, 0.1) is 13.8 Å². The Morgan fingerprint density at radius 1 is 1.19 bits per heavy atom. The molecular formula is C20H21N5O2. The second kappa shape index (κ2) is 6.50. The van der Waals surface area contributed by atoms with E-state index in [1.54, 1.807) is 15.6 Å². The molecule has 1 fully saturated rings. The predicted molar refractivity (Wildman–Crippen MR) is 104 cm³/mol. The van der Waals surface area contributed by atoms with E-state index in [-0.39, 0.29) is 11.8 Å². The van der Waals surface area contributed by atoms with Gasteiger partial charge in [0.1, 0.15) is 0 Å². The van der Waals surface area contributed by atoms with E-state index in [0.717, 1.165) is 35.4 Å². The zero-order valence-electron chi connectivity index (χ0n) is 15.6. The molecule has 3 aromatic rings. The molecule has 0 atom stereocenters. The average Bonchev–Trinajstić information content (AvgIpc) is 3.18. The summed E-state index contributed by atoms with van der Waals surface area (Å²) in [4.78, 5) is 31.0. The fourth-order valence-corrected chi connectivity index (χ4v) is 3.59. The first kappa shape index (κ1) is 17.2. The smallest absolute Gasteiger partial charge is 0.256 e. The van der Waals surface area contributed by atoms with Gasteiger partial charge in [-0.3, -0.25) is 14.3 Å². The van der Waals surface area contributed by atoms with Gasteiger partial charge >= 0.3 is 0 Å². The van der Waals surface area contributed by atoms with Gasteiger partial charge in [-0.25, -0.2) is 4.98 Å². The van der Waals surface area contributed by atoms with Crippen LogP contribution in [0.4, 0.5) is 11.4 Å². The van der Waals surface area contributed by atoms with Crippen LogP contribution >= 0.6 is 0 Å². The summed E-state index contributed by atoms with van der Waals surface area (Å²) in [7, 11) is 1.82. The third-order valence-corrected chi connectivity index (χ3v) is 4.85. The van der Waals surface area contributed by atoms with Gasteiger partial charge < -0.3 is 10.2 Å². The molecule has 2 aromatic heterocycles. The van der Waals surface area contributed by atoms with Gasteiger partial charge in [-0.15, -0.1) is 0 Å². The molecule has 0 spiro atoms. The van der Waals surface area contributed by atoms with Crippen molar-refractivity contribution in [3.05, 3.63) is 47.3 Å². The highest BCUT2D eigenvalue weighted by molar-refractivity contribution is 6.12. The van der Waals surface area contributed by atoms with Crippen molar-refractivity contribution in [2.75, 3.05) is 16.8 Å². The molecule has 0 unspecified atom stereocenters. The number of anilines is 2. The summed E-state index contributed by atoms with van der Waals surface area (Å²) in [6.45, 7) is 4.48. The van der Waals surface area contributed by atoms with Gasteiger partial charge in [0, 0.05) is 37.1 Å². The molecule has 1 aliphatic rings. The highest BCUT2D eigenvalue weighted by Gasteiger charge is 2.22. The number of amides is 2. The number of pyridine rings is 1. The van der Waals surface area contributed by atoms with Crippen LogP contribution in [0.5, 0.6) is 0 Å². The number of carbonyl (C=O) groups is 2. The second-order valence-corrected chi connectivity index (χ2v) is 6.87. The Bertz CT molecular complexity index is 1050. The number of fused-ring (bicyclic) bond motifs is 1. The molecule has 1 aromatic carbocycles. The number of hydrogen-bond donors (Lipinski definition) is 1. The van der Waals surface area contributed by atoms with Crippen LogP contribution in [0.1, 0.15) is 34.6 Å². The molecule has 3 heterocycles. The van der Waals surface area contributed by atoms with Crippen molar-refractivity contribution in [3.63, 3.8) is 0 Å². The van der Waals surface area contributed by atoms with Crippen molar-refractivity contribution >= 4 is 34.2 Å². The Labute approximate surface area is 157 Å². The summed E-state index contributed by atoms with van der Waals surface area (Å²) in [5.41, 5.74) is 4.33. The molecule has 0 aliphatic carbocycles. The maximum Gasteiger partial charge on any atom is 0.256 e. The van der Waals surface area contributed by atoms with Gasteiger partial charge in [0.05, 0.1) is 16.6 Å². The average molecular weight is 363 g/mol. The molecule has 1 N–H and O–H groups in total. The Hall–Kier alpha value is -3.22. The van der Waals surface area contributed by atoms with Crippen LogP contribution in [0.15, 0.2) is 30.3 Å². The fraction of sp³-hybridized carbons (Fsp3) is 0.300. The molecule has 138 valence electrons. The Balaban J connectivity index is 1.61. The van der Waals surface area contributed by atoms with Crippen molar-refractivity contribution < 1.29 is 9.59 Å². The Morgan fingerprint density at radius 2 is 1.93 bits per heavy atom. The third-order valence-electron chi connectivity index (χ3n) is 4.85. The van der Waals surface area contributed by atoms with Crippen LogP contribution in [0.25, 0.3) is 11.0 Å². The highest BCUT2D eigenvalue weighted by atomic mass is 16.2. The van der Waals surface area contributed by atoms with Gasteiger partial charge in [0.25, 0.3) is 5.91 Å². The first-order valence-corrected chi connectivity index (χ1v) is 8.97. The van der Waals surface area contributed by atoms with Crippen molar-refractivity contribution in [3.8, 4) is 0 Å². The lowest BCUT2D eigenvalue weighted by atomic mass is 10.1. The van der Waals surface area contributed by atoms with Gasteiger partial charge in [-0.2, -0.15) is 5.10 Å². The number of aryl methyl sites for hydroxylation is 3. The molecule has 1 saturated heterocycles. The first-order valence-electron chi connectivity index (χ1n) is 8.97. The second-order valence-electron chi connectivity index (χ2n) is 6.87. The topological polar surface area (TPSA) is 80.1 Å². The molecule has 27 heavy (non-hydrogen) atoms. The van der Waals surface area contributed by atoms with E-state index in [9.17, 15) is 9.59 Å². The Kier molecular flexibility index (Phi) is 4.14. The van der Waals surface area contributed by atoms with Crippen molar-refractivity contribution in [2.45, 2.75) is 26.7 Å². The molecule has 7 nitrogen and oxygen atoms in total. The van der Waals surface area contributed by atoms with Crippen LogP contribution in [0.3, 0.4) is 0 Å². The van der Waals surface area contributed by atoms with Crippen molar-refractivity contribution in [1.82, 2.24) is 14.8 Å². The SMILES string of the molecule is Cc1cc(C(=O)Nc2ccc(N3CCCC3=O)cc2)c2c(C)nn(C)c2n1. The number of rotatable bonds is 3. The van der Waals surface area contributed by atoms with Gasteiger partial charge in [-0.05, 0) is 50.6 Å². The van der Waals surface area contributed by atoms with Crippen molar-refractivity contribution in [2.24, 2.45) is 7.05 Å². The van der Waals surface area contributed by atoms with Gasteiger partial charge in [-0.1, -0.05) is 0 Å². The van der Waals surface area contributed by atoms with E-state index in [0.29, 0.717) is 23.3 Å². The Morgan fingerprint density at radius 3 is 2.59 bits per heavy atom. The molecule has 0 radical (unpaired) electrons. The maximum atomic E-state index is 12.9. The van der Waals surface area contributed by atoms with E-state index < -0.39 is 0 Å². The summed E-state index contributed by atoms with van der Waals surface area (Å²) < 4.78 is 1.69. The normalized spacial score (nSPS) is 14.2. The van der Waals surface area contributed by atoms with Crippen molar-refractivity contribution in [1.29, 1.82) is 0 Å². The van der Waals surface area contributed by atoms with Crippen LogP contribution in [0.2, 0.25) is 0 Å². The lowest BCUT2D eigenvalue weighted by Gasteiger charge is -2.16. The summed E-state index contributed by atoms with van der Waals surface area (Å²) >= 11 is 0. The summed E-state index contributed by atoms with van der Waals surface area (Å²) in [6.07, 6.45) is 1.49. The quantitative estimate of drug-likeness (QED) is 0.776. The lowest BCUT2D eigenvalue weighted by Crippen LogP contribution is -2.23. The molecular weight excluding hydrogens is 342 g/mol. The first-order chi connectivity index (χ1) is 12.9. The maximum absolute atomic E-state index is 12.9. The minimum absolute atomic E-state index is 0.147. The van der Waals surface area contributed by atoms with Crippen LogP contribution < -0.4 is 10.2 Å². The number of hydrogen-bond acceptors (Lipinski definition) is 4. The molecule has 4 rings (SSSR count). The third kappa shape index (κ3) is 3.05. The summed E-state index contributed by atoms with van der Waals surface area (Å²) in [6, 6.07) is 9.15. The number of nitrogens with one attached hydrogen (secondary N) is 1.